The molecule has 47 heavy (non-hydrogen) atoms. The van der Waals surface area contributed by atoms with Gasteiger partial charge in [-0.1, -0.05) is 67.9 Å². The standard InChI is InChI=1S/C34H40N5O7P/c1-4-20-34(41,39-29(23-43-5-2)37-30-31(39)27-18-12-13-19-28(27)36-32(30)35)21-22-44-47(42,46-26-16-10-7-11-17-26)38-24(3)33(40)45-25-14-8-6-9-15-25/h6-19,24,41H,4-5,20-23H2,1-3H3,(H2,35,36)(H,38,42)/t24-,34-,47?/m0/s1. The molecule has 248 valence electrons. The summed E-state index contributed by atoms with van der Waals surface area (Å²) in [6.07, 6.45) is 0.880. The van der Waals surface area contributed by atoms with Gasteiger partial charge in [-0.25, -0.2) is 19.3 Å². The van der Waals surface area contributed by atoms with Crippen molar-refractivity contribution in [3.05, 3.63) is 90.8 Å². The monoisotopic (exact) mass is 661 g/mol. The number of nitrogens with two attached hydrogens (primary N) is 1. The Labute approximate surface area is 273 Å². The van der Waals surface area contributed by atoms with Gasteiger partial charge in [-0.2, -0.15) is 5.09 Å². The van der Waals surface area contributed by atoms with Gasteiger partial charge in [0.2, 0.25) is 0 Å². The fraction of sp³-hybridized carbons (Fsp3) is 0.324. The van der Waals surface area contributed by atoms with E-state index in [1.54, 1.807) is 65.2 Å². The van der Waals surface area contributed by atoms with Gasteiger partial charge in [-0.15, -0.1) is 0 Å². The van der Waals surface area contributed by atoms with Crippen LogP contribution in [0.4, 0.5) is 5.82 Å². The Morgan fingerprint density at radius 3 is 2.32 bits per heavy atom. The summed E-state index contributed by atoms with van der Waals surface area (Å²) in [7, 11) is -4.20. The van der Waals surface area contributed by atoms with Crippen LogP contribution in [0.2, 0.25) is 0 Å². The largest absolute Gasteiger partial charge is 0.459 e. The summed E-state index contributed by atoms with van der Waals surface area (Å²) in [6.45, 7) is 5.66. The Hall–Kier alpha value is -4.32. The van der Waals surface area contributed by atoms with E-state index in [1.165, 1.54) is 6.92 Å². The molecule has 5 aromatic rings. The molecular weight excluding hydrogens is 621 g/mol. The van der Waals surface area contributed by atoms with Gasteiger partial charge in [0.05, 0.1) is 17.6 Å². The highest BCUT2D eigenvalue weighted by atomic mass is 31.2. The smallest absolute Gasteiger partial charge is 0.425 e. The number of benzene rings is 3. The average molecular weight is 662 g/mol. The van der Waals surface area contributed by atoms with E-state index in [2.05, 4.69) is 10.1 Å². The van der Waals surface area contributed by atoms with Crippen LogP contribution >= 0.6 is 7.75 Å². The van der Waals surface area contributed by atoms with Crippen LogP contribution in [-0.2, 0) is 31.0 Å². The van der Waals surface area contributed by atoms with E-state index in [-0.39, 0.29) is 31.2 Å². The number of imidazole rings is 1. The maximum atomic E-state index is 14.2. The molecule has 0 saturated heterocycles. The minimum absolute atomic E-state index is 0.0192. The molecule has 0 aliphatic carbocycles. The number of carbonyl (C=O) groups is 1. The van der Waals surface area contributed by atoms with Crippen molar-refractivity contribution in [3.63, 3.8) is 0 Å². The van der Waals surface area contributed by atoms with Crippen LogP contribution < -0.4 is 20.1 Å². The van der Waals surface area contributed by atoms with Crippen LogP contribution in [0, 0.1) is 0 Å². The molecule has 0 spiro atoms. The fourth-order valence-electron chi connectivity index (χ4n) is 5.36. The maximum Gasteiger partial charge on any atom is 0.459 e. The number of ether oxygens (including phenoxy) is 2. The van der Waals surface area contributed by atoms with Crippen LogP contribution in [0.5, 0.6) is 11.5 Å². The zero-order chi connectivity index (χ0) is 33.4. The SMILES string of the molecule is CCC[C@](O)(CCOP(=O)(N[C@@H](C)C(=O)Oc1ccccc1)Oc1ccccc1)n1c(COCC)nc2c(N)nc3ccccc3c21. The molecule has 13 heteroatoms. The molecule has 0 amide bonds. The number of aromatic nitrogens is 3. The first-order chi connectivity index (χ1) is 22.7. The molecule has 0 aliphatic heterocycles. The second-order valence-electron chi connectivity index (χ2n) is 11.0. The van der Waals surface area contributed by atoms with E-state index in [9.17, 15) is 14.5 Å². The summed E-state index contributed by atoms with van der Waals surface area (Å²) in [5, 5.41) is 15.9. The summed E-state index contributed by atoms with van der Waals surface area (Å²) >= 11 is 0. The molecule has 2 aromatic heterocycles. The lowest BCUT2D eigenvalue weighted by molar-refractivity contribution is -0.136. The molecule has 0 saturated carbocycles. The highest BCUT2D eigenvalue weighted by molar-refractivity contribution is 7.52. The van der Waals surface area contributed by atoms with Crippen LogP contribution in [0.3, 0.4) is 0 Å². The Balaban J connectivity index is 1.46. The van der Waals surface area contributed by atoms with E-state index < -0.39 is 25.5 Å². The molecule has 0 radical (unpaired) electrons. The van der Waals surface area contributed by atoms with Gasteiger partial charge in [0.25, 0.3) is 0 Å². The van der Waals surface area contributed by atoms with Gasteiger partial charge < -0.3 is 24.8 Å². The van der Waals surface area contributed by atoms with E-state index in [0.29, 0.717) is 47.6 Å². The van der Waals surface area contributed by atoms with Crippen molar-refractivity contribution in [2.45, 2.75) is 58.4 Å². The number of para-hydroxylation sites is 3. The first-order valence-corrected chi connectivity index (χ1v) is 17.1. The first kappa shape index (κ1) is 34.0. The normalized spacial score (nSPS) is 14.8. The van der Waals surface area contributed by atoms with Crippen molar-refractivity contribution < 1.29 is 33.0 Å². The zero-order valence-corrected chi connectivity index (χ0v) is 27.6. The lowest BCUT2D eigenvalue weighted by Crippen LogP contribution is -2.38. The van der Waals surface area contributed by atoms with E-state index >= 15 is 0 Å². The van der Waals surface area contributed by atoms with Gasteiger partial charge in [0.15, 0.2) is 5.82 Å². The van der Waals surface area contributed by atoms with Crippen molar-refractivity contribution in [2.24, 2.45) is 0 Å². The lowest BCUT2D eigenvalue weighted by atomic mass is 10.0. The summed E-state index contributed by atoms with van der Waals surface area (Å²) in [6, 6.07) is 23.5. The van der Waals surface area contributed by atoms with Crippen LogP contribution in [-0.4, -0.2) is 44.9 Å². The van der Waals surface area contributed by atoms with Crippen molar-refractivity contribution in [1.82, 2.24) is 19.6 Å². The summed E-state index contributed by atoms with van der Waals surface area (Å²) in [5.41, 5.74) is 6.50. The summed E-state index contributed by atoms with van der Waals surface area (Å²) in [5.74, 6) is 0.621. The highest BCUT2D eigenvalue weighted by Gasteiger charge is 2.37. The number of carbonyl (C=O) groups excluding carboxylic acids is 1. The number of nitrogens with zero attached hydrogens (tertiary/aromatic N) is 3. The number of esters is 1. The quantitative estimate of drug-likeness (QED) is 0.0616. The van der Waals surface area contributed by atoms with Crippen molar-refractivity contribution in [1.29, 1.82) is 0 Å². The van der Waals surface area contributed by atoms with Crippen LogP contribution in [0.15, 0.2) is 84.9 Å². The molecule has 4 N–H and O–H groups in total. The number of nitrogen functional groups attached to an aromatic ring is 1. The second-order valence-corrected chi connectivity index (χ2v) is 12.7. The van der Waals surface area contributed by atoms with Gasteiger partial charge in [-0.3, -0.25) is 9.09 Å². The third kappa shape index (κ3) is 7.98. The topological polar surface area (TPSA) is 160 Å². The Morgan fingerprint density at radius 2 is 1.64 bits per heavy atom. The summed E-state index contributed by atoms with van der Waals surface area (Å²) in [4.78, 5) is 22.2. The third-order valence-corrected chi connectivity index (χ3v) is 9.17. The number of aliphatic hydroxyl groups is 1. The minimum Gasteiger partial charge on any atom is -0.425 e. The maximum absolute atomic E-state index is 14.2. The number of hydrogen-bond donors (Lipinski definition) is 3. The lowest BCUT2D eigenvalue weighted by Gasteiger charge is -2.33. The number of hydrogen-bond acceptors (Lipinski definition) is 10. The van der Waals surface area contributed by atoms with Crippen molar-refractivity contribution in [3.8, 4) is 11.5 Å². The molecule has 0 fully saturated rings. The number of anilines is 1. The van der Waals surface area contributed by atoms with Gasteiger partial charge in [-0.05, 0) is 50.6 Å². The molecule has 1 unspecified atom stereocenters. The number of fused-ring (bicyclic) bond motifs is 3. The summed E-state index contributed by atoms with van der Waals surface area (Å²) < 4.78 is 38.9. The highest BCUT2D eigenvalue weighted by Crippen LogP contribution is 2.46. The Morgan fingerprint density at radius 1 is 0.979 bits per heavy atom. The third-order valence-electron chi connectivity index (χ3n) is 7.49. The molecule has 3 aromatic carbocycles. The van der Waals surface area contributed by atoms with Crippen molar-refractivity contribution >= 4 is 41.5 Å². The van der Waals surface area contributed by atoms with Crippen LogP contribution in [0.1, 0.15) is 45.9 Å². The average Bonchev–Trinajstić information content (AvgIpc) is 3.46. The number of rotatable bonds is 16. The molecule has 5 rings (SSSR count). The molecule has 3 atom stereocenters. The second kappa shape index (κ2) is 15.1. The number of nitrogens with one attached hydrogen (secondary N) is 1. The molecule has 2 heterocycles. The van der Waals surface area contributed by atoms with E-state index in [1.807, 2.05) is 38.1 Å². The fourth-order valence-corrected chi connectivity index (χ4v) is 6.85. The molecular formula is C34H40N5O7P. The molecule has 0 aliphatic rings. The van der Waals surface area contributed by atoms with E-state index in [0.717, 1.165) is 5.39 Å². The zero-order valence-electron chi connectivity index (χ0n) is 26.7. The van der Waals surface area contributed by atoms with Gasteiger partial charge in [0, 0.05) is 18.4 Å². The number of pyridine rings is 1. The molecule has 12 nitrogen and oxygen atoms in total. The van der Waals surface area contributed by atoms with E-state index in [4.69, 9.17) is 29.2 Å². The van der Waals surface area contributed by atoms with Crippen LogP contribution in [0.25, 0.3) is 21.9 Å². The Bertz CT molecular complexity index is 1850. The van der Waals surface area contributed by atoms with Gasteiger partial charge in [0.1, 0.15) is 41.2 Å². The first-order valence-electron chi connectivity index (χ1n) is 15.6. The molecule has 0 bridgehead atoms. The minimum atomic E-state index is -4.20. The Kier molecular flexibility index (Phi) is 10.9. The predicted octanol–water partition coefficient (Wildman–Crippen LogP) is 6.33. The van der Waals surface area contributed by atoms with Gasteiger partial charge >= 0.3 is 13.7 Å². The predicted molar refractivity (Wildman–Crippen MR) is 180 cm³/mol. The van der Waals surface area contributed by atoms with Crippen molar-refractivity contribution in [2.75, 3.05) is 18.9 Å².